The summed E-state index contributed by atoms with van der Waals surface area (Å²) in [5.41, 5.74) is 2.09. The van der Waals surface area contributed by atoms with Crippen molar-refractivity contribution in [1.29, 1.82) is 0 Å². The van der Waals surface area contributed by atoms with Crippen LogP contribution < -0.4 is 5.32 Å². The van der Waals surface area contributed by atoms with Crippen LogP contribution in [0.4, 0.5) is 10.2 Å². The topological polar surface area (TPSA) is 37.8 Å². The van der Waals surface area contributed by atoms with E-state index in [9.17, 15) is 4.39 Å². The molecule has 3 nitrogen and oxygen atoms in total. The van der Waals surface area contributed by atoms with Gasteiger partial charge in [-0.3, -0.25) is 0 Å². The first-order valence-electron chi connectivity index (χ1n) is 8.21. The maximum absolute atomic E-state index is 14.2. The second kappa shape index (κ2) is 7.10. The van der Waals surface area contributed by atoms with Gasteiger partial charge in [-0.1, -0.05) is 54.1 Å². The quantitative estimate of drug-likeness (QED) is 0.505. The van der Waals surface area contributed by atoms with Gasteiger partial charge in [0.25, 0.3) is 0 Å². The van der Waals surface area contributed by atoms with Crippen molar-refractivity contribution in [2.75, 3.05) is 5.32 Å². The second-order valence-corrected chi connectivity index (χ2v) is 6.24. The fourth-order valence-corrected chi connectivity index (χ4v) is 3.00. The molecule has 1 aromatic heterocycles. The number of nitrogens with zero attached hydrogens (tertiary/aromatic N) is 2. The van der Waals surface area contributed by atoms with Crippen LogP contribution in [0, 0.1) is 5.82 Å². The van der Waals surface area contributed by atoms with E-state index in [1.54, 1.807) is 18.2 Å². The minimum Gasteiger partial charge on any atom is -0.365 e. The number of hydrogen-bond donors (Lipinski definition) is 1. The molecule has 0 aliphatic heterocycles. The van der Waals surface area contributed by atoms with E-state index in [4.69, 9.17) is 11.6 Å². The maximum atomic E-state index is 14.2. The zero-order chi connectivity index (χ0) is 17.9. The number of halogens is 2. The number of rotatable bonds is 4. The Hall–Kier alpha value is -2.98. The van der Waals surface area contributed by atoms with Crippen molar-refractivity contribution in [2.45, 2.75) is 6.54 Å². The van der Waals surface area contributed by atoms with Gasteiger partial charge >= 0.3 is 0 Å². The van der Waals surface area contributed by atoms with Gasteiger partial charge in [-0.25, -0.2) is 14.4 Å². The summed E-state index contributed by atoms with van der Waals surface area (Å²) < 4.78 is 14.2. The zero-order valence-electron chi connectivity index (χ0n) is 13.8. The molecule has 0 bridgehead atoms. The number of aromatic nitrogens is 2. The van der Waals surface area contributed by atoms with Gasteiger partial charge in [0, 0.05) is 17.0 Å². The third-order valence-corrected chi connectivity index (χ3v) is 4.49. The molecule has 0 amide bonds. The molecule has 0 unspecified atom stereocenters. The number of hydrogen-bond acceptors (Lipinski definition) is 3. The Morgan fingerprint density at radius 1 is 0.846 bits per heavy atom. The van der Waals surface area contributed by atoms with E-state index >= 15 is 0 Å². The lowest BCUT2D eigenvalue weighted by atomic mass is 10.1. The average molecular weight is 364 g/mol. The predicted molar refractivity (Wildman–Crippen MR) is 104 cm³/mol. The van der Waals surface area contributed by atoms with E-state index in [-0.39, 0.29) is 5.82 Å². The number of para-hydroxylation sites is 1. The number of fused-ring (bicyclic) bond motifs is 1. The highest BCUT2D eigenvalue weighted by atomic mass is 35.5. The van der Waals surface area contributed by atoms with Gasteiger partial charge in [0.05, 0.1) is 11.1 Å². The molecule has 1 N–H and O–H groups in total. The number of nitrogens with one attached hydrogen (secondary N) is 1. The highest BCUT2D eigenvalue weighted by Crippen LogP contribution is 2.27. The van der Waals surface area contributed by atoms with Gasteiger partial charge in [-0.2, -0.15) is 0 Å². The average Bonchev–Trinajstić information content (AvgIpc) is 2.67. The Kier molecular flexibility index (Phi) is 4.50. The van der Waals surface area contributed by atoms with E-state index in [0.717, 1.165) is 16.5 Å². The van der Waals surface area contributed by atoms with E-state index in [1.165, 1.54) is 6.07 Å². The van der Waals surface area contributed by atoms with Gasteiger partial charge in [-0.05, 0) is 35.9 Å². The third kappa shape index (κ3) is 3.24. The summed E-state index contributed by atoms with van der Waals surface area (Å²) in [7, 11) is 0. The van der Waals surface area contributed by atoms with Crippen LogP contribution in [0.2, 0.25) is 5.02 Å². The van der Waals surface area contributed by atoms with Crippen molar-refractivity contribution in [2.24, 2.45) is 0 Å². The molecule has 0 aliphatic carbocycles. The first-order chi connectivity index (χ1) is 12.7. The SMILES string of the molecule is Fc1ccccc1-c1nc(NCc2ccccc2Cl)c2ccccc2n1. The van der Waals surface area contributed by atoms with Gasteiger partial charge < -0.3 is 5.32 Å². The largest absolute Gasteiger partial charge is 0.365 e. The Morgan fingerprint density at radius 3 is 2.42 bits per heavy atom. The van der Waals surface area contributed by atoms with Crippen LogP contribution in [-0.2, 0) is 6.54 Å². The van der Waals surface area contributed by atoms with Gasteiger partial charge in [0.15, 0.2) is 5.82 Å². The molecule has 0 fully saturated rings. The summed E-state index contributed by atoms with van der Waals surface area (Å²) in [5, 5.41) is 4.88. The van der Waals surface area contributed by atoms with Crippen LogP contribution in [0.5, 0.6) is 0 Å². The molecule has 0 atom stereocenters. The molecular weight excluding hydrogens is 349 g/mol. The summed E-state index contributed by atoms with van der Waals surface area (Å²) >= 11 is 6.23. The lowest BCUT2D eigenvalue weighted by molar-refractivity contribution is 0.630. The number of anilines is 1. The third-order valence-electron chi connectivity index (χ3n) is 4.12. The normalized spacial score (nSPS) is 10.8. The molecule has 4 rings (SSSR count). The Balaban J connectivity index is 1.78. The molecule has 0 saturated heterocycles. The summed E-state index contributed by atoms with van der Waals surface area (Å²) in [6, 6.07) is 21.8. The fraction of sp³-hybridized carbons (Fsp3) is 0.0476. The van der Waals surface area contributed by atoms with Crippen molar-refractivity contribution < 1.29 is 4.39 Å². The van der Waals surface area contributed by atoms with Gasteiger partial charge in [-0.15, -0.1) is 0 Å². The Bertz CT molecular complexity index is 1080. The Morgan fingerprint density at radius 2 is 1.58 bits per heavy atom. The first kappa shape index (κ1) is 16.5. The van der Waals surface area contributed by atoms with Crippen LogP contribution >= 0.6 is 11.6 Å². The van der Waals surface area contributed by atoms with Crippen molar-refractivity contribution in [1.82, 2.24) is 9.97 Å². The molecule has 1 heterocycles. The lowest BCUT2D eigenvalue weighted by Gasteiger charge is -2.12. The van der Waals surface area contributed by atoms with E-state index in [2.05, 4.69) is 15.3 Å². The molecule has 3 aromatic carbocycles. The van der Waals surface area contributed by atoms with Crippen LogP contribution in [0.15, 0.2) is 72.8 Å². The smallest absolute Gasteiger partial charge is 0.165 e. The van der Waals surface area contributed by atoms with E-state index < -0.39 is 0 Å². The number of benzene rings is 3. The fourth-order valence-electron chi connectivity index (χ4n) is 2.80. The molecule has 4 aromatic rings. The van der Waals surface area contributed by atoms with Crippen LogP contribution in [0.1, 0.15) is 5.56 Å². The summed E-state index contributed by atoms with van der Waals surface area (Å²) in [5.74, 6) is 0.650. The highest BCUT2D eigenvalue weighted by Gasteiger charge is 2.12. The zero-order valence-corrected chi connectivity index (χ0v) is 14.5. The minimum absolute atomic E-state index is 0.347. The van der Waals surface area contributed by atoms with Crippen LogP contribution in [-0.4, -0.2) is 9.97 Å². The van der Waals surface area contributed by atoms with Crippen molar-refractivity contribution in [3.8, 4) is 11.4 Å². The highest BCUT2D eigenvalue weighted by molar-refractivity contribution is 6.31. The molecular formula is C21H15ClFN3. The van der Waals surface area contributed by atoms with Crippen LogP contribution in [0.3, 0.4) is 0 Å². The lowest BCUT2D eigenvalue weighted by Crippen LogP contribution is -2.05. The monoisotopic (exact) mass is 363 g/mol. The second-order valence-electron chi connectivity index (χ2n) is 5.84. The standard InChI is InChI=1S/C21H15ClFN3/c22-17-10-4-1-7-14(17)13-24-20-16-9-3-6-12-19(16)25-21(26-20)15-8-2-5-11-18(15)23/h1-12H,13H2,(H,24,25,26). The van der Waals surface area contributed by atoms with Crippen molar-refractivity contribution >= 4 is 28.3 Å². The molecule has 0 spiro atoms. The van der Waals surface area contributed by atoms with Crippen LogP contribution in [0.25, 0.3) is 22.3 Å². The van der Waals surface area contributed by atoms with Crippen molar-refractivity contribution in [3.63, 3.8) is 0 Å². The van der Waals surface area contributed by atoms with Gasteiger partial charge in [0.2, 0.25) is 0 Å². The van der Waals surface area contributed by atoms with E-state index in [1.807, 2.05) is 48.5 Å². The first-order valence-corrected chi connectivity index (χ1v) is 8.59. The van der Waals surface area contributed by atoms with Gasteiger partial charge in [0.1, 0.15) is 11.6 Å². The molecule has 0 radical (unpaired) electrons. The summed E-state index contributed by atoms with van der Waals surface area (Å²) in [4.78, 5) is 9.09. The van der Waals surface area contributed by atoms with E-state index in [0.29, 0.717) is 28.8 Å². The molecule has 128 valence electrons. The molecule has 0 aliphatic rings. The summed E-state index contributed by atoms with van der Waals surface area (Å²) in [6.07, 6.45) is 0. The molecule has 0 saturated carbocycles. The predicted octanol–water partition coefficient (Wildman–Crippen LogP) is 5.70. The Labute approximate surface area is 155 Å². The molecule has 5 heteroatoms. The minimum atomic E-state index is -0.347. The molecule has 26 heavy (non-hydrogen) atoms. The van der Waals surface area contributed by atoms with Crippen molar-refractivity contribution in [3.05, 3.63) is 89.2 Å². The summed E-state index contributed by atoms with van der Waals surface area (Å²) in [6.45, 7) is 0.511. The maximum Gasteiger partial charge on any atom is 0.165 e.